The number of unbranched alkanes of at least 4 members (excludes halogenated alkanes) is 12. The number of methoxy groups -OCH3 is 2. The van der Waals surface area contributed by atoms with E-state index in [-0.39, 0.29) is 13.2 Å². The molecule has 0 saturated heterocycles. The molecule has 9 rings (SSSR count). The quantitative estimate of drug-likeness (QED) is 0.0284. The molecule has 4 heterocycles. The summed E-state index contributed by atoms with van der Waals surface area (Å²) in [6.45, 7) is 10.3. The third kappa shape index (κ3) is 24.1. The largest absolute Gasteiger partial charge is 0.497 e. The van der Waals surface area contributed by atoms with Crippen LogP contribution >= 0.6 is 0 Å². The first-order valence-electron chi connectivity index (χ1n) is 36.1. The summed E-state index contributed by atoms with van der Waals surface area (Å²) >= 11 is 0. The number of hydrogen-bond donors (Lipinski definition) is 2. The van der Waals surface area contributed by atoms with Gasteiger partial charge in [-0.1, -0.05) is 130 Å². The summed E-state index contributed by atoms with van der Waals surface area (Å²) in [5, 5.41) is 19.6. The molecule has 0 unspecified atom stereocenters. The van der Waals surface area contributed by atoms with Crippen molar-refractivity contribution in [1.82, 2.24) is 39.2 Å². The van der Waals surface area contributed by atoms with E-state index in [0.29, 0.717) is 39.3 Å². The van der Waals surface area contributed by atoms with Crippen LogP contribution in [0.5, 0.6) is 34.5 Å². The zero-order chi connectivity index (χ0) is 68.5. The third-order valence-electron chi connectivity index (χ3n) is 18.4. The fourth-order valence-corrected chi connectivity index (χ4v) is 12.8. The first-order valence-corrected chi connectivity index (χ1v) is 36.1. The molecule has 98 heavy (non-hydrogen) atoms. The van der Waals surface area contributed by atoms with Crippen LogP contribution in [0.25, 0.3) is 36.5 Å². The SMILES string of the molecule is COc1cc(/C=C/c2c(OCCCCCCN3C=CN(C)C3)ccc(/C=C/c3ccc(CO)cc3)c2OCCCCCCN2C=CN(C)C2)c(OC)c(CCc2cc(OCCCCCCN3C=CN(C)C3)c(/C=C/c3ccc(CO)cc3)cc2OCCCCCCN2C=CN(C)C2)c1. The smallest absolute Gasteiger partial charge is 0.137 e. The third-order valence-corrected chi connectivity index (χ3v) is 18.4. The summed E-state index contributed by atoms with van der Waals surface area (Å²) in [6, 6.07) is 28.7. The maximum atomic E-state index is 9.82. The lowest BCUT2D eigenvalue weighted by Crippen LogP contribution is -2.23. The number of hydrogen-bond acceptors (Lipinski definition) is 16. The molecule has 4 aliphatic rings. The van der Waals surface area contributed by atoms with Crippen LogP contribution in [0.3, 0.4) is 0 Å². The second-order valence-electron chi connectivity index (χ2n) is 26.7. The molecule has 528 valence electrons. The number of rotatable bonds is 45. The summed E-state index contributed by atoms with van der Waals surface area (Å²) in [7, 11) is 11.9. The van der Waals surface area contributed by atoms with Crippen molar-refractivity contribution < 1.29 is 38.6 Å². The Hall–Kier alpha value is -8.60. The zero-order valence-electron chi connectivity index (χ0n) is 59.7. The molecule has 16 nitrogen and oxygen atoms in total. The van der Waals surface area contributed by atoms with Crippen LogP contribution in [0, 0.1) is 0 Å². The summed E-state index contributed by atoms with van der Waals surface area (Å²) in [4.78, 5) is 18.3. The maximum Gasteiger partial charge on any atom is 0.137 e. The van der Waals surface area contributed by atoms with E-state index < -0.39 is 0 Å². The van der Waals surface area contributed by atoms with Gasteiger partial charge in [-0.25, -0.2) is 0 Å². The van der Waals surface area contributed by atoms with Gasteiger partial charge in [-0.05, 0) is 140 Å². The van der Waals surface area contributed by atoms with Gasteiger partial charge in [0.25, 0.3) is 0 Å². The Labute approximate surface area is 586 Å². The van der Waals surface area contributed by atoms with Crippen LogP contribution in [0.2, 0.25) is 0 Å². The minimum absolute atomic E-state index is 0.00201. The Morgan fingerprint density at radius 3 is 1.20 bits per heavy atom. The first kappa shape index (κ1) is 73.6. The van der Waals surface area contributed by atoms with Gasteiger partial charge in [-0.2, -0.15) is 0 Å². The maximum absolute atomic E-state index is 9.82. The fourth-order valence-electron chi connectivity index (χ4n) is 12.8. The highest BCUT2D eigenvalue weighted by Gasteiger charge is 2.20. The van der Waals surface area contributed by atoms with Crippen LogP contribution in [0.4, 0.5) is 0 Å². The lowest BCUT2D eigenvalue weighted by molar-refractivity contribution is 0.277. The van der Waals surface area contributed by atoms with E-state index in [2.05, 4.69) is 184 Å². The Bertz CT molecular complexity index is 3420. The monoisotopic (exact) mass is 1340 g/mol. The normalized spacial score (nSPS) is 14.4. The number of aryl methyl sites for hydroxylation is 2. The number of nitrogens with zero attached hydrogens (tertiary/aromatic N) is 8. The van der Waals surface area contributed by atoms with Crippen LogP contribution < -0.4 is 28.4 Å². The van der Waals surface area contributed by atoms with Crippen LogP contribution in [0.1, 0.15) is 158 Å². The molecule has 0 fully saturated rings. The van der Waals surface area contributed by atoms with Crippen molar-refractivity contribution in [2.45, 2.75) is 129 Å². The number of ether oxygens (including phenoxy) is 6. The van der Waals surface area contributed by atoms with E-state index in [9.17, 15) is 10.2 Å². The summed E-state index contributed by atoms with van der Waals surface area (Å²) in [5.74, 6) is 4.67. The highest BCUT2D eigenvalue weighted by Crippen LogP contribution is 2.40. The Kier molecular flexibility index (Phi) is 30.3. The zero-order valence-corrected chi connectivity index (χ0v) is 59.7. The predicted octanol–water partition coefficient (Wildman–Crippen LogP) is 15.4. The molecule has 2 N–H and O–H groups in total. The van der Waals surface area contributed by atoms with Crippen molar-refractivity contribution >= 4 is 36.5 Å². The molecule has 0 atom stereocenters. The van der Waals surface area contributed by atoms with E-state index in [4.69, 9.17) is 28.4 Å². The molecule has 0 aromatic heterocycles. The van der Waals surface area contributed by atoms with Gasteiger partial charge in [0, 0.05) is 121 Å². The van der Waals surface area contributed by atoms with E-state index in [1.54, 1.807) is 14.2 Å². The van der Waals surface area contributed by atoms with Crippen molar-refractivity contribution in [2.75, 3.05) is 122 Å². The van der Waals surface area contributed by atoms with Crippen molar-refractivity contribution in [3.05, 3.63) is 190 Å². The van der Waals surface area contributed by atoms with Crippen molar-refractivity contribution in [2.24, 2.45) is 0 Å². The topological polar surface area (TPSA) is 122 Å². The summed E-state index contributed by atoms with van der Waals surface area (Å²) in [5.41, 5.74) is 9.49. The van der Waals surface area contributed by atoms with Crippen LogP contribution in [-0.2, 0) is 26.1 Å². The highest BCUT2D eigenvalue weighted by atomic mass is 16.5. The molecule has 16 heteroatoms. The van der Waals surface area contributed by atoms with Gasteiger partial charge in [0.15, 0.2) is 0 Å². The van der Waals surface area contributed by atoms with Gasteiger partial charge >= 0.3 is 0 Å². The fraction of sp³-hybridized carbons (Fsp3) is 0.463. The van der Waals surface area contributed by atoms with Gasteiger partial charge in [-0.15, -0.1) is 0 Å². The molecule has 5 aromatic carbocycles. The van der Waals surface area contributed by atoms with Crippen molar-refractivity contribution in [3.63, 3.8) is 0 Å². The summed E-state index contributed by atoms with van der Waals surface area (Å²) in [6.07, 6.45) is 48.4. The molecular weight excluding hydrogens is 1220 g/mol. The summed E-state index contributed by atoms with van der Waals surface area (Å²) < 4.78 is 40.1. The molecule has 0 bridgehead atoms. The molecule has 5 aromatic rings. The standard InChI is InChI=1S/C82H112N8O8/c1-83-45-49-87(63-83)41-15-7-11-19-53-95-78-40-38-71(33-31-67-23-27-69(61-91)28-24-67)82(98-56-22-14-10-18-44-90-52-48-86(4)66-90)77(78)39-37-75-58-76(93-5)57-74(81(75)94-6)36-35-73-60-79(96-54-20-12-8-16-42-88-50-46-84(2)64-88)72(34-32-68-25-29-70(62-92)30-26-68)59-80(73)97-55-21-13-9-17-43-89-51-47-85(3)65-89/h23-34,37-40,45-52,57-60,91-92H,7-22,35-36,41-44,53-56,61-66H2,1-6H3/b33-31+,34-32+,39-37+. The minimum Gasteiger partial charge on any atom is -0.497 e. The average molecular weight is 1340 g/mol. The molecule has 4 aliphatic heterocycles. The van der Waals surface area contributed by atoms with Gasteiger partial charge in [0.2, 0.25) is 0 Å². The number of aliphatic hydroxyl groups excluding tert-OH is 2. The van der Waals surface area contributed by atoms with Gasteiger partial charge in [0.1, 0.15) is 34.5 Å². The Morgan fingerprint density at radius 1 is 0.347 bits per heavy atom. The molecule has 0 spiro atoms. The van der Waals surface area contributed by atoms with E-state index in [1.165, 1.54) is 0 Å². The van der Waals surface area contributed by atoms with E-state index in [0.717, 1.165) is 246 Å². The lowest BCUT2D eigenvalue weighted by Gasteiger charge is -2.19. The molecule has 0 radical (unpaired) electrons. The first-order chi connectivity index (χ1) is 48.0. The second kappa shape index (κ2) is 40.3. The van der Waals surface area contributed by atoms with Crippen LogP contribution in [0.15, 0.2) is 135 Å². The van der Waals surface area contributed by atoms with Gasteiger partial charge in [-0.3, -0.25) is 0 Å². The lowest BCUT2D eigenvalue weighted by atomic mass is 9.97. The Morgan fingerprint density at radius 2 is 0.765 bits per heavy atom. The predicted molar refractivity (Wildman–Crippen MR) is 401 cm³/mol. The number of aliphatic hydroxyl groups is 2. The second-order valence-corrected chi connectivity index (χ2v) is 26.7. The van der Waals surface area contributed by atoms with Gasteiger partial charge in [0.05, 0.1) is 86.1 Å². The minimum atomic E-state index is -0.00364. The van der Waals surface area contributed by atoms with Crippen molar-refractivity contribution in [3.8, 4) is 34.5 Å². The van der Waals surface area contributed by atoms with E-state index in [1.807, 2.05) is 54.6 Å². The van der Waals surface area contributed by atoms with Crippen LogP contribution in [-0.4, -0.2) is 171 Å². The molecular formula is C82H112N8O8. The number of benzene rings is 5. The average Bonchev–Trinajstić information content (AvgIpc) is 1.25. The van der Waals surface area contributed by atoms with Gasteiger partial charge < -0.3 is 77.8 Å². The highest BCUT2D eigenvalue weighted by molar-refractivity contribution is 5.83. The Balaban J connectivity index is 0.987. The molecule has 0 aliphatic carbocycles. The molecule has 0 amide bonds. The van der Waals surface area contributed by atoms with Crippen molar-refractivity contribution in [1.29, 1.82) is 0 Å². The van der Waals surface area contributed by atoms with E-state index >= 15 is 0 Å². The molecule has 0 saturated carbocycles.